The van der Waals surface area contributed by atoms with Gasteiger partial charge in [-0.1, -0.05) is 47.6 Å². The van der Waals surface area contributed by atoms with Gasteiger partial charge in [0.15, 0.2) is 5.76 Å². The maximum absolute atomic E-state index is 13.1. The first kappa shape index (κ1) is 19.8. The third kappa shape index (κ3) is 4.27. The molecule has 0 aliphatic carbocycles. The Hall–Kier alpha value is -2.48. The van der Waals surface area contributed by atoms with Gasteiger partial charge in [-0.15, -0.1) is 0 Å². The van der Waals surface area contributed by atoms with Crippen LogP contribution in [-0.4, -0.2) is 49.0 Å². The minimum absolute atomic E-state index is 0.412. The number of rotatable bonds is 5. The topological polar surface area (TPSA) is 66.7 Å². The molecule has 0 unspecified atom stereocenters. The highest BCUT2D eigenvalue weighted by atomic mass is 32.2. The predicted molar refractivity (Wildman–Crippen MR) is 112 cm³/mol. The van der Waals surface area contributed by atoms with E-state index in [9.17, 15) is 8.42 Å². The third-order valence-corrected chi connectivity index (χ3v) is 7.34. The molecule has 1 saturated heterocycles. The fourth-order valence-corrected chi connectivity index (χ4v) is 5.34. The van der Waals surface area contributed by atoms with Crippen LogP contribution in [0.5, 0.6) is 0 Å². The molecule has 152 valence electrons. The molecule has 7 heteroatoms. The Morgan fingerprint density at radius 1 is 0.966 bits per heavy atom. The lowest BCUT2D eigenvalue weighted by molar-refractivity contribution is 0.178. The van der Waals surface area contributed by atoms with Crippen molar-refractivity contribution in [1.29, 1.82) is 0 Å². The monoisotopic (exact) mass is 411 g/mol. The molecule has 1 aliphatic heterocycles. The normalized spacial score (nSPS) is 16.2. The molecule has 2 heterocycles. The van der Waals surface area contributed by atoms with Crippen molar-refractivity contribution in [1.82, 2.24) is 14.4 Å². The second-order valence-corrected chi connectivity index (χ2v) is 9.40. The van der Waals surface area contributed by atoms with Crippen molar-refractivity contribution >= 4 is 10.0 Å². The second-order valence-electron chi connectivity index (χ2n) is 7.50. The number of piperazine rings is 1. The number of aromatic nitrogens is 1. The zero-order valence-corrected chi connectivity index (χ0v) is 17.5. The van der Waals surface area contributed by atoms with E-state index >= 15 is 0 Å². The summed E-state index contributed by atoms with van der Waals surface area (Å²) in [6.45, 7) is 6.68. The van der Waals surface area contributed by atoms with Gasteiger partial charge in [0.25, 0.3) is 0 Å². The van der Waals surface area contributed by atoms with Crippen LogP contribution >= 0.6 is 0 Å². The Morgan fingerprint density at radius 3 is 2.41 bits per heavy atom. The van der Waals surface area contributed by atoms with E-state index in [4.69, 9.17) is 4.52 Å². The number of nitrogens with zero attached hydrogens (tertiary/aromatic N) is 3. The summed E-state index contributed by atoms with van der Waals surface area (Å²) in [6, 6.07) is 17.4. The Morgan fingerprint density at radius 2 is 1.69 bits per heavy atom. The van der Waals surface area contributed by atoms with Crippen LogP contribution < -0.4 is 0 Å². The molecule has 0 amide bonds. The first-order valence-corrected chi connectivity index (χ1v) is 11.2. The van der Waals surface area contributed by atoms with Crippen molar-refractivity contribution in [3.05, 3.63) is 71.4 Å². The molecule has 0 N–H and O–H groups in total. The average Bonchev–Trinajstić information content (AvgIpc) is 3.19. The van der Waals surface area contributed by atoms with Gasteiger partial charge in [0.1, 0.15) is 0 Å². The second kappa shape index (κ2) is 8.10. The largest absolute Gasteiger partial charge is 0.356 e. The summed E-state index contributed by atoms with van der Waals surface area (Å²) in [6.07, 6.45) is 0. The van der Waals surface area contributed by atoms with Crippen molar-refractivity contribution in [2.45, 2.75) is 25.3 Å². The fraction of sp³-hybridized carbons (Fsp3) is 0.318. The number of benzene rings is 2. The van der Waals surface area contributed by atoms with Crippen molar-refractivity contribution < 1.29 is 12.9 Å². The van der Waals surface area contributed by atoms with E-state index in [1.54, 1.807) is 10.4 Å². The zero-order chi connectivity index (χ0) is 20.4. The quantitative estimate of drug-likeness (QED) is 0.643. The molecule has 2 aromatic carbocycles. The van der Waals surface area contributed by atoms with Crippen LogP contribution in [0, 0.1) is 13.8 Å². The number of aryl methyl sites for hydroxylation is 2. The summed E-state index contributed by atoms with van der Waals surface area (Å²) in [5.41, 5.74) is 3.59. The van der Waals surface area contributed by atoms with Crippen LogP contribution in [0.3, 0.4) is 0 Å². The summed E-state index contributed by atoms with van der Waals surface area (Å²) in [5.74, 6) is 0.747. The molecule has 1 fully saturated rings. The first-order chi connectivity index (χ1) is 13.9. The van der Waals surface area contributed by atoms with Gasteiger partial charge in [0.05, 0.1) is 10.6 Å². The van der Waals surface area contributed by atoms with E-state index in [2.05, 4.69) is 10.1 Å². The van der Waals surface area contributed by atoms with Gasteiger partial charge in [0, 0.05) is 44.4 Å². The van der Waals surface area contributed by atoms with Crippen molar-refractivity contribution in [3.8, 4) is 11.3 Å². The highest BCUT2D eigenvalue weighted by Crippen LogP contribution is 2.24. The molecule has 0 bridgehead atoms. The van der Waals surface area contributed by atoms with Gasteiger partial charge < -0.3 is 4.52 Å². The van der Waals surface area contributed by atoms with Gasteiger partial charge in [0.2, 0.25) is 10.0 Å². The smallest absolute Gasteiger partial charge is 0.243 e. The van der Waals surface area contributed by atoms with E-state index in [1.807, 2.05) is 62.4 Å². The summed E-state index contributed by atoms with van der Waals surface area (Å²) < 4.78 is 33.2. The van der Waals surface area contributed by atoms with Gasteiger partial charge in [-0.25, -0.2) is 8.42 Å². The Kier molecular flexibility index (Phi) is 5.54. The molecule has 0 spiro atoms. The summed E-state index contributed by atoms with van der Waals surface area (Å²) in [7, 11) is -3.47. The first-order valence-electron chi connectivity index (χ1n) is 9.74. The number of hydrogen-bond acceptors (Lipinski definition) is 5. The van der Waals surface area contributed by atoms with Gasteiger partial charge in [-0.05, 0) is 31.0 Å². The molecule has 4 rings (SSSR count). The molecule has 0 atom stereocenters. The Bertz CT molecular complexity index is 1090. The van der Waals surface area contributed by atoms with Crippen LogP contribution in [0.25, 0.3) is 11.3 Å². The third-order valence-electron chi connectivity index (χ3n) is 5.30. The van der Waals surface area contributed by atoms with Crippen LogP contribution in [0.2, 0.25) is 0 Å². The van der Waals surface area contributed by atoms with Gasteiger partial charge in [-0.2, -0.15) is 4.31 Å². The lowest BCUT2D eigenvalue weighted by Crippen LogP contribution is -2.48. The minimum atomic E-state index is -3.47. The number of hydrogen-bond donors (Lipinski definition) is 0. The molecule has 1 aromatic heterocycles. The predicted octanol–water partition coefficient (Wildman–Crippen LogP) is 3.46. The highest BCUT2D eigenvalue weighted by Gasteiger charge is 2.30. The van der Waals surface area contributed by atoms with E-state index in [-0.39, 0.29) is 0 Å². The van der Waals surface area contributed by atoms with E-state index in [0.29, 0.717) is 37.6 Å². The Balaban J connectivity index is 1.40. The van der Waals surface area contributed by atoms with Gasteiger partial charge >= 0.3 is 0 Å². The Labute approximate surface area is 171 Å². The molecular formula is C22H25N3O3S. The van der Waals surface area contributed by atoms with Crippen LogP contribution in [0.15, 0.2) is 64.0 Å². The molecular weight excluding hydrogens is 386 g/mol. The summed E-state index contributed by atoms with van der Waals surface area (Å²) in [5, 5.41) is 4.17. The zero-order valence-electron chi connectivity index (χ0n) is 16.7. The van der Waals surface area contributed by atoms with E-state index in [0.717, 1.165) is 28.1 Å². The van der Waals surface area contributed by atoms with Gasteiger partial charge in [-0.3, -0.25) is 4.90 Å². The summed E-state index contributed by atoms with van der Waals surface area (Å²) >= 11 is 0. The fourth-order valence-electron chi connectivity index (χ4n) is 3.61. The maximum atomic E-state index is 13.1. The molecule has 0 saturated carbocycles. The standard InChI is InChI=1S/C22H25N3O3S/c1-17-8-9-18(2)22(14-17)29(26,27)25-12-10-24(11-13-25)16-20-15-21(28-23-20)19-6-4-3-5-7-19/h3-9,14-15H,10-13,16H2,1-2H3. The molecule has 6 nitrogen and oxygen atoms in total. The van der Waals surface area contributed by atoms with Crippen molar-refractivity contribution in [2.75, 3.05) is 26.2 Å². The molecule has 0 radical (unpaired) electrons. The maximum Gasteiger partial charge on any atom is 0.243 e. The van der Waals surface area contributed by atoms with Crippen LogP contribution in [0.1, 0.15) is 16.8 Å². The van der Waals surface area contributed by atoms with Crippen molar-refractivity contribution in [2.24, 2.45) is 0 Å². The van der Waals surface area contributed by atoms with E-state index in [1.165, 1.54) is 0 Å². The summed E-state index contributed by atoms with van der Waals surface area (Å²) in [4.78, 5) is 2.62. The lowest BCUT2D eigenvalue weighted by Gasteiger charge is -2.33. The number of sulfonamides is 1. The highest BCUT2D eigenvalue weighted by molar-refractivity contribution is 7.89. The molecule has 29 heavy (non-hydrogen) atoms. The van der Waals surface area contributed by atoms with Crippen molar-refractivity contribution in [3.63, 3.8) is 0 Å². The average molecular weight is 412 g/mol. The molecule has 3 aromatic rings. The lowest BCUT2D eigenvalue weighted by atomic mass is 10.1. The SMILES string of the molecule is Cc1ccc(C)c(S(=O)(=O)N2CCN(Cc3cc(-c4ccccc4)on3)CC2)c1. The van der Waals surface area contributed by atoms with Crippen LogP contribution in [-0.2, 0) is 16.6 Å². The van der Waals surface area contributed by atoms with Crippen LogP contribution in [0.4, 0.5) is 0 Å². The minimum Gasteiger partial charge on any atom is -0.356 e. The molecule has 1 aliphatic rings. The van der Waals surface area contributed by atoms with E-state index < -0.39 is 10.0 Å².